The Kier molecular flexibility index (Phi) is 6.09. The number of halogens is 2. The number of hydrogen-bond acceptors (Lipinski definition) is 2. The van der Waals surface area contributed by atoms with Gasteiger partial charge in [0, 0.05) is 27.2 Å². The first-order valence-corrected chi connectivity index (χ1v) is 8.45. The minimum Gasteiger partial charge on any atom is -0.507 e. The van der Waals surface area contributed by atoms with E-state index in [1.807, 2.05) is 24.3 Å². The van der Waals surface area contributed by atoms with Gasteiger partial charge in [0.25, 0.3) is 0 Å². The highest BCUT2D eigenvalue weighted by molar-refractivity contribution is 6.36. The van der Waals surface area contributed by atoms with Gasteiger partial charge in [-0.05, 0) is 43.5 Å². The number of nitrogens with zero attached hydrogens (tertiary/aromatic N) is 1. The summed E-state index contributed by atoms with van der Waals surface area (Å²) in [6.07, 6.45) is 0.954. The molecule has 0 aliphatic heterocycles. The highest BCUT2D eigenvalue weighted by Crippen LogP contribution is 2.28. The zero-order chi connectivity index (χ0) is 17.0. The van der Waals surface area contributed by atoms with Crippen LogP contribution < -0.4 is 0 Å². The molecule has 4 heteroatoms. The van der Waals surface area contributed by atoms with Crippen molar-refractivity contribution in [3.8, 4) is 5.75 Å². The van der Waals surface area contributed by atoms with Crippen molar-refractivity contribution in [2.45, 2.75) is 33.2 Å². The molecule has 0 aliphatic rings. The number of aromatic hydroxyl groups is 1. The Labute approximate surface area is 147 Å². The summed E-state index contributed by atoms with van der Waals surface area (Å²) in [4.78, 5) is 4.83. The van der Waals surface area contributed by atoms with Crippen LogP contribution >= 0.6 is 23.2 Å². The molecule has 2 nitrogen and oxygen atoms in total. The Hall–Kier alpha value is -1.51. The van der Waals surface area contributed by atoms with Crippen molar-refractivity contribution in [3.05, 3.63) is 63.6 Å². The highest BCUT2D eigenvalue weighted by Gasteiger charge is 2.16. The van der Waals surface area contributed by atoms with Crippen LogP contribution in [0, 0.1) is 5.92 Å². The van der Waals surface area contributed by atoms with Crippen LogP contribution in [0.25, 0.3) is 0 Å². The average molecular weight is 350 g/mol. The maximum absolute atomic E-state index is 10.3. The molecule has 0 aliphatic carbocycles. The smallest absolute Gasteiger partial charge is 0.125 e. The monoisotopic (exact) mass is 349 g/mol. The molecule has 2 aromatic rings. The van der Waals surface area contributed by atoms with Crippen molar-refractivity contribution in [1.82, 2.24) is 0 Å². The number of aliphatic imine (C=N–C) groups is 1. The van der Waals surface area contributed by atoms with Crippen LogP contribution in [0.5, 0.6) is 5.75 Å². The van der Waals surface area contributed by atoms with E-state index in [1.165, 1.54) is 0 Å². The molecule has 1 N–H and O–H groups in total. The number of phenolic OH excluding ortho intramolecular Hbond substituents is 1. The van der Waals surface area contributed by atoms with Gasteiger partial charge in [0.2, 0.25) is 0 Å². The van der Waals surface area contributed by atoms with Crippen molar-refractivity contribution in [3.63, 3.8) is 0 Å². The van der Waals surface area contributed by atoms with Gasteiger partial charge in [0.05, 0.1) is 5.71 Å². The summed E-state index contributed by atoms with van der Waals surface area (Å²) < 4.78 is 0. The summed E-state index contributed by atoms with van der Waals surface area (Å²) >= 11 is 12.5. The minimum absolute atomic E-state index is 0.111. The highest BCUT2D eigenvalue weighted by atomic mass is 35.5. The molecule has 1 unspecified atom stereocenters. The first-order valence-electron chi connectivity index (χ1n) is 7.70. The summed E-state index contributed by atoms with van der Waals surface area (Å²) in [6.45, 7) is 6.40. The van der Waals surface area contributed by atoms with E-state index in [0.29, 0.717) is 27.2 Å². The van der Waals surface area contributed by atoms with Crippen LogP contribution in [0.4, 0.5) is 0 Å². The van der Waals surface area contributed by atoms with E-state index >= 15 is 0 Å². The third-order valence-electron chi connectivity index (χ3n) is 3.50. The number of rotatable bonds is 5. The van der Waals surface area contributed by atoms with Crippen LogP contribution in [0.3, 0.4) is 0 Å². The Morgan fingerprint density at radius 2 is 1.74 bits per heavy atom. The third-order valence-corrected chi connectivity index (χ3v) is 4.07. The molecule has 0 fully saturated rings. The zero-order valence-corrected chi connectivity index (χ0v) is 15.1. The molecule has 0 heterocycles. The zero-order valence-electron chi connectivity index (χ0n) is 13.6. The van der Waals surface area contributed by atoms with Gasteiger partial charge in [-0.2, -0.15) is 0 Å². The van der Waals surface area contributed by atoms with E-state index < -0.39 is 0 Å². The third kappa shape index (κ3) is 4.73. The quantitative estimate of drug-likeness (QED) is 0.662. The van der Waals surface area contributed by atoms with Crippen LogP contribution in [0.15, 0.2) is 47.5 Å². The lowest BCUT2D eigenvalue weighted by Crippen LogP contribution is -2.11. The molecule has 2 rings (SSSR count). The Balaban J connectivity index is 2.58. The van der Waals surface area contributed by atoms with Crippen molar-refractivity contribution < 1.29 is 5.11 Å². The van der Waals surface area contributed by atoms with E-state index in [9.17, 15) is 5.11 Å². The number of hydrogen-bond donors (Lipinski definition) is 1. The molecule has 0 saturated carbocycles. The lowest BCUT2D eigenvalue weighted by atomic mass is 9.99. The van der Waals surface area contributed by atoms with E-state index in [4.69, 9.17) is 28.2 Å². The van der Waals surface area contributed by atoms with Gasteiger partial charge in [-0.25, -0.2) is 0 Å². The first kappa shape index (κ1) is 17.8. The predicted molar refractivity (Wildman–Crippen MR) is 99.1 cm³/mol. The van der Waals surface area contributed by atoms with Crippen molar-refractivity contribution in [2.24, 2.45) is 10.9 Å². The van der Waals surface area contributed by atoms with E-state index in [-0.39, 0.29) is 11.8 Å². The topological polar surface area (TPSA) is 32.6 Å². The van der Waals surface area contributed by atoms with Crippen LogP contribution in [-0.4, -0.2) is 16.9 Å². The predicted octanol–water partition coefficient (Wildman–Crippen LogP) is 5.97. The largest absolute Gasteiger partial charge is 0.507 e. The molecule has 23 heavy (non-hydrogen) atoms. The van der Waals surface area contributed by atoms with Crippen molar-refractivity contribution in [1.29, 1.82) is 0 Å². The molecule has 0 saturated heterocycles. The molecule has 0 bridgehead atoms. The second-order valence-electron chi connectivity index (χ2n) is 6.10. The second kappa shape index (κ2) is 7.85. The number of benzene rings is 2. The summed E-state index contributed by atoms with van der Waals surface area (Å²) in [7, 11) is 0. The van der Waals surface area contributed by atoms with Gasteiger partial charge in [0.1, 0.15) is 5.75 Å². The fraction of sp³-hybridized carbons (Fsp3) is 0.316. The van der Waals surface area contributed by atoms with Crippen LogP contribution in [0.2, 0.25) is 10.0 Å². The molecule has 0 amide bonds. The Morgan fingerprint density at radius 3 is 2.39 bits per heavy atom. The minimum atomic E-state index is 0.111. The average Bonchev–Trinajstić information content (AvgIpc) is 2.47. The summed E-state index contributed by atoms with van der Waals surface area (Å²) in [5.41, 5.74) is 2.06. The van der Waals surface area contributed by atoms with Crippen molar-refractivity contribution >= 4 is 28.9 Å². The lowest BCUT2D eigenvalue weighted by Gasteiger charge is -2.16. The fourth-order valence-corrected chi connectivity index (χ4v) is 2.99. The standard InChI is InChI=1S/C19H21Cl2NO/c1-12(2)10-13(3)22-19(15-6-4-5-7-17(15)21)16-11-14(20)8-9-18(16)23/h4-9,11-13,23H,10H2,1-3H3. The van der Waals surface area contributed by atoms with Crippen molar-refractivity contribution in [2.75, 3.05) is 0 Å². The second-order valence-corrected chi connectivity index (χ2v) is 6.94. The normalized spacial score (nSPS) is 13.4. The molecule has 1 atom stereocenters. The summed E-state index contributed by atoms with van der Waals surface area (Å²) in [5.74, 6) is 0.680. The van der Waals surface area contributed by atoms with Gasteiger partial charge in [-0.3, -0.25) is 4.99 Å². The SMILES string of the molecule is CC(C)CC(C)N=C(c1cc(Cl)ccc1O)c1ccccc1Cl. The molecule has 0 radical (unpaired) electrons. The summed E-state index contributed by atoms with van der Waals surface area (Å²) in [5, 5.41) is 11.4. The van der Waals surface area contributed by atoms with Gasteiger partial charge in [-0.15, -0.1) is 0 Å². The molecule has 122 valence electrons. The molecule has 2 aromatic carbocycles. The van der Waals surface area contributed by atoms with Gasteiger partial charge < -0.3 is 5.11 Å². The first-order chi connectivity index (χ1) is 10.9. The molecular weight excluding hydrogens is 329 g/mol. The summed E-state index contributed by atoms with van der Waals surface area (Å²) in [6, 6.07) is 12.6. The Morgan fingerprint density at radius 1 is 1.04 bits per heavy atom. The molecule has 0 aromatic heterocycles. The van der Waals surface area contributed by atoms with E-state index in [0.717, 1.165) is 12.0 Å². The van der Waals surface area contributed by atoms with Gasteiger partial charge >= 0.3 is 0 Å². The van der Waals surface area contributed by atoms with Crippen LogP contribution in [-0.2, 0) is 0 Å². The lowest BCUT2D eigenvalue weighted by molar-refractivity contribution is 0.474. The number of phenols is 1. The van der Waals surface area contributed by atoms with E-state index in [2.05, 4.69) is 20.8 Å². The van der Waals surface area contributed by atoms with Gasteiger partial charge in [-0.1, -0.05) is 55.2 Å². The van der Waals surface area contributed by atoms with Gasteiger partial charge in [0.15, 0.2) is 0 Å². The Bertz CT molecular complexity index is 710. The maximum atomic E-state index is 10.3. The maximum Gasteiger partial charge on any atom is 0.125 e. The fourth-order valence-electron chi connectivity index (χ4n) is 2.59. The van der Waals surface area contributed by atoms with Crippen LogP contribution in [0.1, 0.15) is 38.3 Å². The van der Waals surface area contributed by atoms with E-state index in [1.54, 1.807) is 18.2 Å². The molecular formula is C19H21Cl2NO. The molecule has 0 spiro atoms.